The Morgan fingerprint density at radius 2 is 1.89 bits per heavy atom. The van der Waals surface area contributed by atoms with Crippen LogP contribution >= 0.6 is 0 Å². The molecule has 5 atom stereocenters. The smallest absolute Gasteiger partial charge is 0.253 e. The van der Waals surface area contributed by atoms with Gasteiger partial charge in [0.15, 0.2) is 0 Å². The summed E-state index contributed by atoms with van der Waals surface area (Å²) < 4.78 is 5.53. The molecule has 3 aliphatic heterocycles. The van der Waals surface area contributed by atoms with Crippen LogP contribution in [0.15, 0.2) is 70.4 Å². The van der Waals surface area contributed by atoms with E-state index in [1.54, 1.807) is 7.11 Å². The van der Waals surface area contributed by atoms with Crippen LogP contribution in [0.5, 0.6) is 5.75 Å². The number of nitrogens with one attached hydrogen (secondary N) is 2. The van der Waals surface area contributed by atoms with E-state index in [4.69, 9.17) is 4.74 Å². The van der Waals surface area contributed by atoms with Gasteiger partial charge in [-0.05, 0) is 73.2 Å². The van der Waals surface area contributed by atoms with E-state index in [0.29, 0.717) is 23.2 Å². The largest absolute Gasteiger partial charge is 0.497 e. The van der Waals surface area contributed by atoms with Crippen molar-refractivity contribution < 1.29 is 4.74 Å². The van der Waals surface area contributed by atoms with Crippen LogP contribution in [0, 0.1) is 11.8 Å². The number of para-hydroxylation sites is 1. The fourth-order valence-electron chi connectivity index (χ4n) is 6.38. The van der Waals surface area contributed by atoms with Crippen molar-refractivity contribution in [1.29, 1.82) is 0 Å². The number of methoxy groups -OCH3 is 1. The maximum absolute atomic E-state index is 12.9. The Labute approximate surface area is 216 Å². The van der Waals surface area contributed by atoms with Crippen molar-refractivity contribution in [1.82, 2.24) is 9.88 Å². The molecular weight excluding hydrogens is 464 g/mol. The molecule has 3 aromatic carbocycles. The van der Waals surface area contributed by atoms with Gasteiger partial charge >= 0.3 is 0 Å². The summed E-state index contributed by atoms with van der Waals surface area (Å²) in [5.41, 5.74) is 2.46. The Kier molecular flexibility index (Phi) is 6.16. The van der Waals surface area contributed by atoms with Crippen LogP contribution in [-0.2, 0) is 0 Å². The molecule has 4 aromatic rings. The lowest BCUT2D eigenvalue weighted by atomic mass is 9.72. The molecule has 3 fully saturated rings. The molecule has 0 saturated carbocycles. The highest BCUT2D eigenvalue weighted by Crippen LogP contribution is 2.44. The molecule has 37 heavy (non-hydrogen) atoms. The first kappa shape index (κ1) is 23.7. The van der Waals surface area contributed by atoms with Crippen molar-refractivity contribution in [3.8, 4) is 5.75 Å². The molecule has 7 rings (SSSR count). The van der Waals surface area contributed by atoms with Crippen molar-refractivity contribution in [2.45, 2.75) is 38.3 Å². The lowest BCUT2D eigenvalue weighted by Crippen LogP contribution is -2.56. The van der Waals surface area contributed by atoms with E-state index in [1.807, 2.05) is 60.8 Å². The normalized spacial score (nSPS) is 23.7. The van der Waals surface area contributed by atoms with E-state index in [0.717, 1.165) is 47.4 Å². The predicted molar refractivity (Wildman–Crippen MR) is 148 cm³/mol. The second-order valence-electron chi connectivity index (χ2n) is 10.3. The third-order valence-corrected chi connectivity index (χ3v) is 8.42. The highest BCUT2D eigenvalue weighted by molar-refractivity contribution is 5.85. The first-order valence-corrected chi connectivity index (χ1v) is 13.2. The van der Waals surface area contributed by atoms with Crippen molar-refractivity contribution in [2.75, 3.05) is 30.8 Å². The molecule has 2 bridgehead atoms. The van der Waals surface area contributed by atoms with Crippen LogP contribution < -0.4 is 26.2 Å². The molecule has 3 unspecified atom stereocenters. The number of pyridine rings is 1. The lowest BCUT2D eigenvalue weighted by Gasteiger charge is -2.52. The van der Waals surface area contributed by atoms with Crippen LogP contribution in [0.1, 0.15) is 37.8 Å². The highest BCUT2D eigenvalue weighted by Gasteiger charge is 2.43. The Hall–Kier alpha value is -3.71. The second-order valence-corrected chi connectivity index (χ2v) is 10.3. The SMILES string of the molecule is CCC1CN2CCC1C[C@H]2[C@@H](Nc1c(Nc2ccccc2)c(=O)c1=O)c1ccnc2ccc(OC)cc12. The van der Waals surface area contributed by atoms with E-state index in [2.05, 4.69) is 27.4 Å². The number of ether oxygens (including phenoxy) is 1. The third kappa shape index (κ3) is 4.17. The molecule has 0 amide bonds. The molecule has 0 radical (unpaired) electrons. The molecule has 0 spiro atoms. The van der Waals surface area contributed by atoms with Gasteiger partial charge in [0.05, 0.1) is 18.7 Å². The average molecular weight is 497 g/mol. The van der Waals surface area contributed by atoms with E-state index in [9.17, 15) is 9.59 Å². The zero-order valence-electron chi connectivity index (χ0n) is 21.2. The standard InChI is InChI=1S/C30H32N4O3/c1-3-18-17-34-14-12-19(18)15-25(34)26(22-11-13-31-24-10-9-21(37-2)16-23(22)24)33-28-27(29(35)30(28)36)32-20-7-5-4-6-8-20/h4-11,13,16,18-19,25-26,32-33H,3,12,14-15,17H2,1-2H3/t18?,19?,25-,26-/m0/s1. The molecular formula is C30H32N4O3. The number of fused-ring (bicyclic) bond motifs is 4. The number of hydrogen-bond donors (Lipinski definition) is 2. The van der Waals surface area contributed by atoms with Crippen molar-refractivity contribution in [3.63, 3.8) is 0 Å². The van der Waals surface area contributed by atoms with Crippen LogP contribution in [-0.4, -0.2) is 36.1 Å². The predicted octanol–water partition coefficient (Wildman–Crippen LogP) is 4.86. The number of nitrogens with zero attached hydrogens (tertiary/aromatic N) is 2. The van der Waals surface area contributed by atoms with E-state index in [1.165, 1.54) is 12.8 Å². The van der Waals surface area contributed by atoms with Crippen molar-refractivity contribution in [2.24, 2.45) is 11.8 Å². The van der Waals surface area contributed by atoms with Gasteiger partial charge in [-0.3, -0.25) is 19.5 Å². The molecule has 7 nitrogen and oxygen atoms in total. The molecule has 7 heteroatoms. The minimum atomic E-state index is -0.483. The fraction of sp³-hybridized carbons (Fsp3) is 0.367. The van der Waals surface area contributed by atoms with Gasteiger partial charge in [-0.2, -0.15) is 0 Å². The minimum absolute atomic E-state index is 0.183. The summed E-state index contributed by atoms with van der Waals surface area (Å²) in [5.74, 6) is 2.14. The molecule has 3 aliphatic rings. The monoisotopic (exact) mass is 496 g/mol. The zero-order valence-corrected chi connectivity index (χ0v) is 21.2. The molecule has 3 saturated heterocycles. The summed E-state index contributed by atoms with van der Waals surface area (Å²) >= 11 is 0. The van der Waals surface area contributed by atoms with Gasteiger partial charge in [-0.15, -0.1) is 0 Å². The van der Waals surface area contributed by atoms with Gasteiger partial charge < -0.3 is 15.4 Å². The number of rotatable bonds is 8. The Morgan fingerprint density at radius 3 is 2.62 bits per heavy atom. The molecule has 2 N–H and O–H groups in total. The van der Waals surface area contributed by atoms with Gasteiger partial charge in [0, 0.05) is 29.9 Å². The number of benzene rings is 2. The summed E-state index contributed by atoms with van der Waals surface area (Å²) in [5, 5.41) is 7.74. The third-order valence-electron chi connectivity index (χ3n) is 8.42. The van der Waals surface area contributed by atoms with Crippen LogP contribution in [0.25, 0.3) is 10.9 Å². The van der Waals surface area contributed by atoms with Crippen LogP contribution in [0.2, 0.25) is 0 Å². The Morgan fingerprint density at radius 1 is 1.08 bits per heavy atom. The lowest BCUT2D eigenvalue weighted by molar-refractivity contribution is -0.00782. The summed E-state index contributed by atoms with van der Waals surface area (Å²) in [6.45, 7) is 4.40. The van der Waals surface area contributed by atoms with E-state index in [-0.39, 0.29) is 12.1 Å². The Balaban J connectivity index is 1.43. The number of piperidine rings is 3. The van der Waals surface area contributed by atoms with Crippen molar-refractivity contribution >= 4 is 28.0 Å². The van der Waals surface area contributed by atoms with Crippen LogP contribution in [0.4, 0.5) is 17.1 Å². The quantitative estimate of drug-likeness (QED) is 0.337. The molecule has 190 valence electrons. The molecule has 1 aromatic heterocycles. The minimum Gasteiger partial charge on any atom is -0.497 e. The van der Waals surface area contributed by atoms with Crippen LogP contribution in [0.3, 0.4) is 0 Å². The summed E-state index contributed by atoms with van der Waals surface area (Å²) in [4.78, 5) is 32.7. The maximum atomic E-state index is 12.9. The zero-order chi connectivity index (χ0) is 25.5. The summed E-state index contributed by atoms with van der Waals surface area (Å²) in [7, 11) is 1.66. The van der Waals surface area contributed by atoms with Gasteiger partial charge in [-0.25, -0.2) is 0 Å². The van der Waals surface area contributed by atoms with Gasteiger partial charge in [-0.1, -0.05) is 31.5 Å². The summed E-state index contributed by atoms with van der Waals surface area (Å²) in [6, 6.07) is 17.4. The first-order valence-electron chi connectivity index (χ1n) is 13.2. The van der Waals surface area contributed by atoms with Gasteiger partial charge in [0.25, 0.3) is 10.9 Å². The number of hydrogen-bond acceptors (Lipinski definition) is 7. The first-order chi connectivity index (χ1) is 18.1. The van der Waals surface area contributed by atoms with E-state index < -0.39 is 10.9 Å². The van der Waals surface area contributed by atoms with E-state index >= 15 is 0 Å². The Bertz CT molecular complexity index is 1490. The van der Waals surface area contributed by atoms with Crippen molar-refractivity contribution in [3.05, 3.63) is 86.8 Å². The second kappa shape index (κ2) is 9.63. The molecule has 0 aliphatic carbocycles. The fourth-order valence-corrected chi connectivity index (χ4v) is 6.38. The molecule has 4 heterocycles. The average Bonchev–Trinajstić information content (AvgIpc) is 2.96. The number of anilines is 3. The topological polar surface area (TPSA) is 83.6 Å². The van der Waals surface area contributed by atoms with Gasteiger partial charge in [0.1, 0.15) is 17.1 Å². The number of aromatic nitrogens is 1. The maximum Gasteiger partial charge on any atom is 0.253 e. The highest BCUT2D eigenvalue weighted by atomic mass is 16.5. The summed E-state index contributed by atoms with van der Waals surface area (Å²) in [6.07, 6.45) is 5.29. The van der Waals surface area contributed by atoms with Gasteiger partial charge in [0.2, 0.25) is 0 Å².